The third-order valence-electron chi connectivity index (χ3n) is 3.65. The number of ether oxygens (including phenoxy) is 2. The predicted octanol–water partition coefficient (Wildman–Crippen LogP) is 4.14. The van der Waals surface area contributed by atoms with Gasteiger partial charge in [-0.25, -0.2) is 13.6 Å². The van der Waals surface area contributed by atoms with Gasteiger partial charge in [0.1, 0.15) is 6.61 Å². The lowest BCUT2D eigenvalue weighted by atomic mass is 10.1. The van der Waals surface area contributed by atoms with Crippen LogP contribution >= 0.6 is 0 Å². The van der Waals surface area contributed by atoms with Gasteiger partial charge in [-0.3, -0.25) is 4.79 Å². The largest absolute Gasteiger partial charge is 0.465 e. The summed E-state index contributed by atoms with van der Waals surface area (Å²) in [6.45, 7) is -1.81. The second-order valence-corrected chi connectivity index (χ2v) is 5.75. The van der Waals surface area contributed by atoms with E-state index in [-0.39, 0.29) is 23.4 Å². The van der Waals surface area contributed by atoms with Gasteiger partial charge in [-0.1, -0.05) is 24.3 Å². The zero-order chi connectivity index (χ0) is 20.7. The minimum Gasteiger partial charge on any atom is -0.465 e. The monoisotopic (exact) mass is 399 g/mol. The first-order valence-electron chi connectivity index (χ1n) is 8.06. The van der Waals surface area contributed by atoms with Crippen molar-refractivity contribution < 1.29 is 36.6 Å². The van der Waals surface area contributed by atoms with Gasteiger partial charge in [0.25, 0.3) is 5.91 Å². The Bertz CT molecular complexity index is 842. The van der Waals surface area contributed by atoms with E-state index in [1.165, 1.54) is 43.5 Å². The van der Waals surface area contributed by atoms with Crippen LogP contribution in [0.1, 0.15) is 26.3 Å². The zero-order valence-corrected chi connectivity index (χ0v) is 14.8. The molecule has 2 rings (SSSR count). The number of esters is 1. The summed E-state index contributed by atoms with van der Waals surface area (Å²) in [4.78, 5) is 24.2. The van der Waals surface area contributed by atoms with Crippen molar-refractivity contribution >= 4 is 17.6 Å². The van der Waals surface area contributed by atoms with Gasteiger partial charge in [-0.2, -0.15) is 8.78 Å². The van der Waals surface area contributed by atoms with Crippen LogP contribution < -0.4 is 5.32 Å². The van der Waals surface area contributed by atoms with Crippen LogP contribution in [0.3, 0.4) is 0 Å². The van der Waals surface area contributed by atoms with Crippen molar-refractivity contribution in [2.45, 2.75) is 19.0 Å². The van der Waals surface area contributed by atoms with Gasteiger partial charge in [0.2, 0.25) is 0 Å². The number of benzene rings is 2. The third kappa shape index (κ3) is 5.53. The Morgan fingerprint density at radius 1 is 1.11 bits per heavy atom. The average molecular weight is 399 g/mol. The van der Waals surface area contributed by atoms with E-state index in [1.807, 2.05) is 0 Å². The first kappa shape index (κ1) is 21.4. The van der Waals surface area contributed by atoms with E-state index in [4.69, 9.17) is 0 Å². The molecule has 0 aliphatic carbocycles. The highest BCUT2D eigenvalue weighted by molar-refractivity contribution is 6.08. The van der Waals surface area contributed by atoms with Crippen LogP contribution in [0, 0.1) is 0 Å². The van der Waals surface area contributed by atoms with Crippen molar-refractivity contribution in [2.24, 2.45) is 0 Å². The summed E-state index contributed by atoms with van der Waals surface area (Å²) >= 11 is 0. The molecule has 1 N–H and O–H groups in total. The first-order valence-corrected chi connectivity index (χ1v) is 8.06. The number of alkyl halides is 4. The molecular formula is C19H17F4NO4. The van der Waals surface area contributed by atoms with E-state index in [9.17, 15) is 27.2 Å². The molecule has 0 aliphatic rings. The number of carbonyl (C=O) groups excluding carboxylic acids is 2. The van der Waals surface area contributed by atoms with Crippen LogP contribution in [-0.4, -0.2) is 37.9 Å². The number of para-hydroxylation sites is 1. The summed E-state index contributed by atoms with van der Waals surface area (Å²) < 4.78 is 59.2. The number of amides is 1. The SMILES string of the molecule is COC(=O)c1ccccc1NC(=O)c1cccc(COCC(F)(F)C(F)F)c1. The lowest BCUT2D eigenvalue weighted by Gasteiger charge is -2.15. The van der Waals surface area contributed by atoms with Gasteiger partial charge in [-0.05, 0) is 29.8 Å². The second-order valence-electron chi connectivity index (χ2n) is 5.75. The van der Waals surface area contributed by atoms with E-state index in [2.05, 4.69) is 14.8 Å². The quantitative estimate of drug-likeness (QED) is 0.535. The lowest BCUT2D eigenvalue weighted by Crippen LogP contribution is -2.32. The lowest BCUT2D eigenvalue weighted by molar-refractivity contribution is -0.168. The van der Waals surface area contributed by atoms with Gasteiger partial charge < -0.3 is 14.8 Å². The summed E-state index contributed by atoms with van der Waals surface area (Å²) in [5.41, 5.74) is 0.907. The molecule has 0 unspecified atom stereocenters. The minimum atomic E-state index is -4.24. The van der Waals surface area contributed by atoms with Crippen LogP contribution in [-0.2, 0) is 16.1 Å². The van der Waals surface area contributed by atoms with Crippen LogP contribution in [0.2, 0.25) is 0 Å². The highest BCUT2D eigenvalue weighted by Crippen LogP contribution is 2.23. The fourth-order valence-electron chi connectivity index (χ4n) is 2.24. The zero-order valence-electron chi connectivity index (χ0n) is 14.8. The van der Waals surface area contributed by atoms with Gasteiger partial charge in [-0.15, -0.1) is 0 Å². The number of methoxy groups -OCH3 is 1. The fourth-order valence-corrected chi connectivity index (χ4v) is 2.24. The predicted molar refractivity (Wildman–Crippen MR) is 92.8 cm³/mol. The summed E-state index contributed by atoms with van der Waals surface area (Å²) in [6, 6.07) is 12.1. The maximum absolute atomic E-state index is 12.9. The van der Waals surface area contributed by atoms with Crippen molar-refractivity contribution in [2.75, 3.05) is 19.0 Å². The van der Waals surface area contributed by atoms with Crippen molar-refractivity contribution in [3.8, 4) is 0 Å². The molecule has 0 atom stereocenters. The molecule has 0 aliphatic heterocycles. The Kier molecular flexibility index (Phi) is 7.11. The normalized spacial score (nSPS) is 11.4. The molecule has 0 aromatic heterocycles. The Morgan fingerprint density at radius 3 is 2.50 bits per heavy atom. The smallest absolute Gasteiger partial charge is 0.339 e. The van der Waals surface area contributed by atoms with Crippen molar-refractivity contribution in [3.63, 3.8) is 0 Å². The van der Waals surface area contributed by atoms with Crippen molar-refractivity contribution in [1.82, 2.24) is 0 Å². The maximum atomic E-state index is 12.9. The highest BCUT2D eigenvalue weighted by Gasteiger charge is 2.40. The topological polar surface area (TPSA) is 64.6 Å². The van der Waals surface area contributed by atoms with Gasteiger partial charge in [0.05, 0.1) is 25.0 Å². The van der Waals surface area contributed by atoms with Crippen LogP contribution in [0.15, 0.2) is 48.5 Å². The first-order chi connectivity index (χ1) is 13.2. The molecule has 0 saturated heterocycles. The molecule has 5 nitrogen and oxygen atoms in total. The molecule has 9 heteroatoms. The molecule has 0 heterocycles. The molecule has 2 aromatic carbocycles. The van der Waals surface area contributed by atoms with E-state index in [0.29, 0.717) is 5.56 Å². The van der Waals surface area contributed by atoms with Crippen molar-refractivity contribution in [3.05, 3.63) is 65.2 Å². The molecule has 0 spiro atoms. The third-order valence-corrected chi connectivity index (χ3v) is 3.65. The molecule has 2 aromatic rings. The van der Waals surface area contributed by atoms with E-state index in [0.717, 1.165) is 0 Å². The summed E-state index contributed by atoms with van der Waals surface area (Å²) in [6.07, 6.45) is -3.82. The minimum absolute atomic E-state index is 0.159. The summed E-state index contributed by atoms with van der Waals surface area (Å²) in [7, 11) is 1.21. The Hall–Kier alpha value is -2.94. The van der Waals surface area contributed by atoms with Gasteiger partial charge >= 0.3 is 18.3 Å². The number of rotatable bonds is 8. The highest BCUT2D eigenvalue weighted by atomic mass is 19.3. The average Bonchev–Trinajstić information content (AvgIpc) is 2.67. The molecule has 1 amide bonds. The number of halogens is 4. The number of hydrogen-bond donors (Lipinski definition) is 1. The van der Waals surface area contributed by atoms with Crippen molar-refractivity contribution in [1.29, 1.82) is 0 Å². The molecular weight excluding hydrogens is 382 g/mol. The van der Waals surface area contributed by atoms with E-state index >= 15 is 0 Å². The molecule has 0 saturated carbocycles. The van der Waals surface area contributed by atoms with Gasteiger partial charge in [0.15, 0.2) is 0 Å². The molecule has 0 fully saturated rings. The molecule has 0 bridgehead atoms. The van der Waals surface area contributed by atoms with Crippen LogP contribution in [0.25, 0.3) is 0 Å². The van der Waals surface area contributed by atoms with Crippen LogP contribution in [0.5, 0.6) is 0 Å². The molecule has 0 radical (unpaired) electrons. The van der Waals surface area contributed by atoms with E-state index in [1.54, 1.807) is 12.1 Å². The van der Waals surface area contributed by atoms with Gasteiger partial charge in [0, 0.05) is 5.56 Å². The Morgan fingerprint density at radius 2 is 1.82 bits per heavy atom. The number of nitrogens with one attached hydrogen (secondary N) is 1. The molecule has 150 valence electrons. The number of carbonyl (C=O) groups is 2. The fraction of sp³-hybridized carbons (Fsp3) is 0.263. The Balaban J connectivity index is 2.06. The Labute approximate surface area is 158 Å². The summed E-state index contributed by atoms with van der Waals surface area (Å²) in [5, 5.41) is 2.56. The summed E-state index contributed by atoms with van der Waals surface area (Å²) in [5.74, 6) is -5.43. The standard InChI is InChI=1S/C19H17F4NO4/c1-27-17(26)14-7-2-3-8-15(14)24-16(25)13-6-4-5-12(9-13)10-28-11-19(22,23)18(20)21/h2-9,18H,10-11H2,1H3,(H,24,25). The second kappa shape index (κ2) is 9.32. The van der Waals surface area contributed by atoms with Crippen LogP contribution in [0.4, 0.5) is 23.2 Å². The number of anilines is 1. The molecule has 28 heavy (non-hydrogen) atoms. The van der Waals surface area contributed by atoms with E-state index < -0.39 is 30.8 Å². The maximum Gasteiger partial charge on any atom is 0.339 e. The number of hydrogen-bond acceptors (Lipinski definition) is 4.